The van der Waals surface area contributed by atoms with Gasteiger partial charge < -0.3 is 21.5 Å². The van der Waals surface area contributed by atoms with Crippen molar-refractivity contribution in [1.29, 1.82) is 0 Å². The maximum absolute atomic E-state index is 12.3. The second kappa shape index (κ2) is 13.9. The lowest BCUT2D eigenvalue weighted by atomic mass is 10.0. The first kappa shape index (κ1) is 28.4. The topological polar surface area (TPSA) is 154 Å². The number of rotatable bonds is 11. The minimum atomic E-state index is -1.28. The van der Waals surface area contributed by atoms with E-state index in [9.17, 15) is 19.5 Å². The fraction of sp³-hybridized carbons (Fsp3) is 0.296. The Morgan fingerprint density at radius 3 is 1.89 bits per heavy atom. The van der Waals surface area contributed by atoms with E-state index < -0.39 is 30.0 Å². The summed E-state index contributed by atoms with van der Waals surface area (Å²) >= 11 is 0. The Morgan fingerprint density at radius 2 is 1.42 bits per heavy atom. The van der Waals surface area contributed by atoms with Crippen molar-refractivity contribution in [3.8, 4) is 0 Å². The van der Waals surface area contributed by atoms with Gasteiger partial charge in [-0.2, -0.15) is 0 Å². The van der Waals surface area contributed by atoms with Crippen LogP contribution < -0.4 is 21.8 Å². The van der Waals surface area contributed by atoms with Crippen molar-refractivity contribution in [1.82, 2.24) is 10.8 Å². The van der Waals surface area contributed by atoms with Crippen LogP contribution in [0.15, 0.2) is 60.7 Å². The molecule has 3 unspecified atom stereocenters. The number of benzene rings is 2. The van der Waals surface area contributed by atoms with Crippen LogP contribution in [0.5, 0.6) is 0 Å². The smallest absolute Gasteiger partial charge is 0.268 e. The molecule has 36 heavy (non-hydrogen) atoms. The molecule has 0 aliphatic rings. The van der Waals surface area contributed by atoms with Gasteiger partial charge in [-0.15, -0.1) is 0 Å². The molecule has 2 rings (SSSR count). The molecule has 192 valence electrons. The Labute approximate surface area is 211 Å². The molecule has 9 nitrogen and oxygen atoms in total. The maximum Gasteiger partial charge on any atom is 0.268 e. The van der Waals surface area contributed by atoms with Crippen molar-refractivity contribution >= 4 is 35.6 Å². The van der Waals surface area contributed by atoms with Gasteiger partial charge in [-0.25, -0.2) is 5.48 Å². The summed E-state index contributed by atoms with van der Waals surface area (Å²) < 4.78 is 0. The van der Waals surface area contributed by atoms with Crippen molar-refractivity contribution in [2.24, 2.45) is 11.7 Å². The van der Waals surface area contributed by atoms with Crippen molar-refractivity contribution in [3.05, 3.63) is 77.4 Å². The third-order valence-corrected chi connectivity index (χ3v) is 5.26. The number of carbonyl (C=O) groups excluding carboxylic acids is 3. The Bertz CT molecular complexity index is 1080. The molecule has 0 fully saturated rings. The van der Waals surface area contributed by atoms with E-state index in [-0.39, 0.29) is 5.91 Å². The zero-order valence-corrected chi connectivity index (χ0v) is 20.6. The maximum atomic E-state index is 12.3. The van der Waals surface area contributed by atoms with Gasteiger partial charge in [0.25, 0.3) is 11.8 Å². The monoisotopic (exact) mass is 494 g/mol. The number of hydrogen-bond acceptors (Lipinski definition) is 6. The molecule has 2 aromatic carbocycles. The molecule has 3 amide bonds. The van der Waals surface area contributed by atoms with E-state index in [4.69, 9.17) is 10.9 Å². The highest BCUT2D eigenvalue weighted by Crippen LogP contribution is 2.13. The molecule has 0 aliphatic heterocycles. The molecule has 0 saturated carbocycles. The van der Waals surface area contributed by atoms with Crippen LogP contribution in [-0.4, -0.2) is 46.2 Å². The molecule has 3 atom stereocenters. The third-order valence-electron chi connectivity index (χ3n) is 5.26. The largest absolute Gasteiger partial charge is 0.391 e. The van der Waals surface area contributed by atoms with E-state index in [0.29, 0.717) is 23.6 Å². The minimum Gasteiger partial charge on any atom is -0.391 e. The average Bonchev–Trinajstić information content (AvgIpc) is 2.85. The molecule has 0 spiro atoms. The standard InChI is InChI=1S/C27H34N4O5/c1-17(2)16-23(28)26(34)29-22-14-10-20(11-15-22)7-5-4-6-19-8-12-21(13-9-19)25(33)30-24(18(3)32)27(35)31-36/h4-15,17-18,23-24,32,36H,16,28H2,1-3H3,(H,29,34)(H,30,33)(H,31,35). The second-order valence-electron chi connectivity index (χ2n) is 8.86. The lowest BCUT2D eigenvalue weighted by Gasteiger charge is -2.19. The van der Waals surface area contributed by atoms with E-state index in [0.717, 1.165) is 11.1 Å². The van der Waals surface area contributed by atoms with Gasteiger partial charge in [0.2, 0.25) is 5.91 Å². The number of amides is 3. The summed E-state index contributed by atoms with van der Waals surface area (Å²) in [6.45, 7) is 5.38. The van der Waals surface area contributed by atoms with E-state index in [2.05, 4.69) is 10.6 Å². The Morgan fingerprint density at radius 1 is 0.889 bits per heavy atom. The van der Waals surface area contributed by atoms with Gasteiger partial charge in [0.1, 0.15) is 6.04 Å². The summed E-state index contributed by atoms with van der Waals surface area (Å²) in [5.41, 5.74) is 10.1. The summed E-state index contributed by atoms with van der Waals surface area (Å²) in [4.78, 5) is 36.0. The predicted molar refractivity (Wildman–Crippen MR) is 140 cm³/mol. The fourth-order valence-electron chi connectivity index (χ4n) is 3.31. The predicted octanol–water partition coefficient (Wildman–Crippen LogP) is 2.71. The number of anilines is 1. The van der Waals surface area contributed by atoms with Gasteiger partial charge in [0.05, 0.1) is 12.1 Å². The van der Waals surface area contributed by atoms with Gasteiger partial charge in [0.15, 0.2) is 0 Å². The molecule has 0 bridgehead atoms. The first-order valence-electron chi connectivity index (χ1n) is 11.6. The fourth-order valence-corrected chi connectivity index (χ4v) is 3.31. The number of nitrogens with one attached hydrogen (secondary N) is 3. The van der Waals surface area contributed by atoms with Crippen LogP contribution in [0.25, 0.3) is 12.2 Å². The molecular weight excluding hydrogens is 460 g/mol. The first-order valence-corrected chi connectivity index (χ1v) is 11.6. The number of hydrogen-bond donors (Lipinski definition) is 6. The quantitative estimate of drug-likeness (QED) is 0.160. The van der Waals surface area contributed by atoms with Crippen LogP contribution in [0, 0.1) is 5.92 Å². The van der Waals surface area contributed by atoms with Crippen LogP contribution >= 0.6 is 0 Å². The minimum absolute atomic E-state index is 0.197. The molecule has 0 aliphatic carbocycles. The van der Waals surface area contributed by atoms with Crippen molar-refractivity contribution in [3.63, 3.8) is 0 Å². The Kier molecular flexibility index (Phi) is 11.0. The molecule has 9 heteroatoms. The zero-order chi connectivity index (χ0) is 26.7. The molecule has 0 saturated heterocycles. The Balaban J connectivity index is 1.90. The van der Waals surface area contributed by atoms with Gasteiger partial charge in [0, 0.05) is 11.3 Å². The summed E-state index contributed by atoms with van der Waals surface area (Å²) in [5.74, 6) is -1.31. The van der Waals surface area contributed by atoms with Crippen LogP contribution in [0.4, 0.5) is 5.69 Å². The highest BCUT2D eigenvalue weighted by Gasteiger charge is 2.25. The highest BCUT2D eigenvalue weighted by atomic mass is 16.5. The normalized spacial score (nSPS) is 14.0. The molecule has 7 N–H and O–H groups in total. The Hall–Kier alpha value is -3.79. The number of aliphatic hydroxyl groups is 1. The number of aliphatic hydroxyl groups excluding tert-OH is 1. The average molecular weight is 495 g/mol. The SMILES string of the molecule is CC(C)CC(N)C(=O)Nc1ccc(C=CC=Cc2ccc(C(=O)NC(C(=O)NO)C(C)O)cc2)cc1. The van der Waals surface area contributed by atoms with Crippen molar-refractivity contribution in [2.75, 3.05) is 5.32 Å². The van der Waals surface area contributed by atoms with Crippen LogP contribution in [0.3, 0.4) is 0 Å². The molecule has 0 radical (unpaired) electrons. The summed E-state index contributed by atoms with van der Waals surface area (Å²) in [6.07, 6.45) is 6.94. The summed E-state index contributed by atoms with van der Waals surface area (Å²) in [6, 6.07) is 12.3. The molecule has 0 heterocycles. The third kappa shape index (κ3) is 9.10. The van der Waals surface area contributed by atoms with Crippen LogP contribution in [0.2, 0.25) is 0 Å². The number of carbonyl (C=O) groups is 3. The van der Waals surface area contributed by atoms with Crippen LogP contribution in [0.1, 0.15) is 48.7 Å². The van der Waals surface area contributed by atoms with Gasteiger partial charge in [-0.05, 0) is 54.7 Å². The lowest BCUT2D eigenvalue weighted by molar-refractivity contribution is -0.133. The zero-order valence-electron chi connectivity index (χ0n) is 20.6. The first-order chi connectivity index (χ1) is 17.1. The lowest BCUT2D eigenvalue weighted by Crippen LogP contribution is -2.51. The van der Waals surface area contributed by atoms with Crippen molar-refractivity contribution in [2.45, 2.75) is 45.4 Å². The number of hydroxylamine groups is 1. The van der Waals surface area contributed by atoms with Gasteiger partial charge in [-0.3, -0.25) is 19.6 Å². The van der Waals surface area contributed by atoms with Gasteiger partial charge in [-0.1, -0.05) is 62.4 Å². The second-order valence-corrected chi connectivity index (χ2v) is 8.86. The molecule has 0 aromatic heterocycles. The molecule has 2 aromatic rings. The summed E-state index contributed by atoms with van der Waals surface area (Å²) in [7, 11) is 0. The number of nitrogens with two attached hydrogens (primary N) is 1. The van der Waals surface area contributed by atoms with E-state index in [1.165, 1.54) is 12.4 Å². The van der Waals surface area contributed by atoms with E-state index in [1.807, 2.05) is 62.4 Å². The molecular formula is C27H34N4O5. The van der Waals surface area contributed by atoms with E-state index >= 15 is 0 Å². The number of allylic oxidation sites excluding steroid dienone is 2. The van der Waals surface area contributed by atoms with E-state index in [1.54, 1.807) is 24.3 Å². The van der Waals surface area contributed by atoms with Crippen molar-refractivity contribution < 1.29 is 24.7 Å². The van der Waals surface area contributed by atoms with Gasteiger partial charge >= 0.3 is 0 Å². The summed E-state index contributed by atoms with van der Waals surface area (Å²) in [5, 5.41) is 23.6. The van der Waals surface area contributed by atoms with Crippen LogP contribution in [-0.2, 0) is 9.59 Å². The highest BCUT2D eigenvalue weighted by molar-refractivity contribution is 5.97.